The monoisotopic (exact) mass is 375 g/mol. The molecule has 0 bridgehead atoms. The molecule has 27 heavy (non-hydrogen) atoms. The first kappa shape index (κ1) is 16.0. The fourth-order valence-corrected chi connectivity index (χ4v) is 4.51. The largest absolute Gasteiger partial charge is 0.381 e. The van der Waals surface area contributed by atoms with Gasteiger partial charge in [0.05, 0.1) is 17.4 Å². The van der Waals surface area contributed by atoms with E-state index >= 15 is 0 Å². The summed E-state index contributed by atoms with van der Waals surface area (Å²) < 4.78 is 2.81. The van der Waals surface area contributed by atoms with Gasteiger partial charge in [-0.15, -0.1) is 11.3 Å². The van der Waals surface area contributed by atoms with E-state index in [0.717, 1.165) is 42.9 Å². The second-order valence-electron chi connectivity index (χ2n) is 6.66. The molecule has 1 aromatic carbocycles. The molecule has 0 unspecified atom stereocenters. The van der Waals surface area contributed by atoms with Crippen LogP contribution in [0.25, 0.3) is 32.9 Å². The number of benzene rings is 1. The lowest BCUT2D eigenvalue weighted by atomic mass is 10.1. The number of hydrogen-bond acceptors (Lipinski definition) is 5. The minimum atomic E-state index is -0.0186. The van der Waals surface area contributed by atoms with Gasteiger partial charge in [0, 0.05) is 39.8 Å². The molecular formula is C20H17N5OS. The number of nitrogens with one attached hydrogen (secondary N) is 2. The van der Waals surface area contributed by atoms with Crippen molar-refractivity contribution in [3.05, 3.63) is 53.7 Å². The minimum Gasteiger partial charge on any atom is -0.381 e. The van der Waals surface area contributed by atoms with Crippen molar-refractivity contribution in [3.8, 4) is 5.82 Å². The van der Waals surface area contributed by atoms with E-state index in [1.165, 1.54) is 11.3 Å². The van der Waals surface area contributed by atoms with E-state index in [4.69, 9.17) is 4.98 Å². The Morgan fingerprint density at radius 1 is 1.33 bits per heavy atom. The number of nitrogens with zero attached hydrogens (tertiary/aromatic N) is 3. The van der Waals surface area contributed by atoms with E-state index in [1.54, 1.807) is 17.0 Å². The first-order chi connectivity index (χ1) is 13.1. The molecular weight excluding hydrogens is 358 g/mol. The first-order valence-electron chi connectivity index (χ1n) is 8.72. The van der Waals surface area contributed by atoms with Crippen molar-refractivity contribution in [1.82, 2.24) is 20.1 Å². The highest BCUT2D eigenvalue weighted by Crippen LogP contribution is 2.40. The molecule has 0 saturated heterocycles. The molecule has 1 atom stereocenters. The quantitative estimate of drug-likeness (QED) is 0.559. The topological polar surface area (TPSA) is 71.8 Å². The van der Waals surface area contributed by atoms with Gasteiger partial charge < -0.3 is 10.6 Å². The highest BCUT2D eigenvalue weighted by Gasteiger charge is 2.24. The van der Waals surface area contributed by atoms with Crippen LogP contribution in [0.4, 0.5) is 5.69 Å². The number of amides is 1. The van der Waals surface area contributed by atoms with Crippen molar-refractivity contribution in [1.29, 1.82) is 0 Å². The summed E-state index contributed by atoms with van der Waals surface area (Å²) in [5, 5.41) is 12.9. The summed E-state index contributed by atoms with van der Waals surface area (Å²) in [5.41, 5.74) is 2.72. The second kappa shape index (κ2) is 5.92. The fourth-order valence-electron chi connectivity index (χ4n) is 3.41. The van der Waals surface area contributed by atoms with Gasteiger partial charge in [-0.05, 0) is 31.2 Å². The molecule has 1 amide bonds. The first-order valence-corrected chi connectivity index (χ1v) is 9.54. The van der Waals surface area contributed by atoms with Crippen LogP contribution in [0.3, 0.4) is 0 Å². The minimum absolute atomic E-state index is 0.0186. The molecule has 5 rings (SSSR count). The molecule has 1 aliphatic rings. The number of carbonyl (C=O) groups excluding carboxylic acids is 1. The summed E-state index contributed by atoms with van der Waals surface area (Å²) in [7, 11) is 0. The lowest BCUT2D eigenvalue weighted by molar-refractivity contribution is 0.0949. The summed E-state index contributed by atoms with van der Waals surface area (Å²) in [6.07, 6.45) is 5.40. The molecule has 2 N–H and O–H groups in total. The summed E-state index contributed by atoms with van der Waals surface area (Å²) in [6.45, 7) is 6.46. The van der Waals surface area contributed by atoms with E-state index in [0.29, 0.717) is 6.54 Å². The predicted molar refractivity (Wildman–Crippen MR) is 110 cm³/mol. The van der Waals surface area contributed by atoms with Crippen LogP contribution in [-0.4, -0.2) is 33.3 Å². The molecule has 4 aromatic rings. The summed E-state index contributed by atoms with van der Waals surface area (Å²) in [6, 6.07) is 8.12. The number of fused-ring (bicyclic) bond motifs is 5. The zero-order chi connectivity index (χ0) is 18.5. The van der Waals surface area contributed by atoms with Gasteiger partial charge in [0.1, 0.15) is 4.88 Å². The fraction of sp³-hybridized carbons (Fsp3) is 0.150. The van der Waals surface area contributed by atoms with Crippen molar-refractivity contribution in [2.45, 2.75) is 13.0 Å². The van der Waals surface area contributed by atoms with Crippen LogP contribution >= 0.6 is 11.3 Å². The maximum Gasteiger partial charge on any atom is 0.263 e. The lowest BCUT2D eigenvalue weighted by Gasteiger charge is -2.10. The summed E-state index contributed by atoms with van der Waals surface area (Å²) in [4.78, 5) is 18.0. The van der Waals surface area contributed by atoms with Gasteiger partial charge in [-0.3, -0.25) is 4.79 Å². The third kappa shape index (κ3) is 2.50. The standard InChI is InChI=1S/C20H17N5OS/c1-3-12-9-22-25(10-12)16-7-4-13-14(24-16)5-6-15-17(13)18-19(27-15)20(26)23-11(2)8-21-18/h3-7,9-11,21H,1,8H2,2H3,(H,23,26)/t11-/m1/s1. The molecule has 0 spiro atoms. The van der Waals surface area contributed by atoms with Crippen LogP contribution in [0, 0.1) is 0 Å². The van der Waals surface area contributed by atoms with Crippen molar-refractivity contribution in [3.63, 3.8) is 0 Å². The lowest BCUT2D eigenvalue weighted by Crippen LogP contribution is -2.34. The maximum absolute atomic E-state index is 12.5. The normalized spacial score (nSPS) is 16.6. The van der Waals surface area contributed by atoms with E-state index < -0.39 is 0 Å². The van der Waals surface area contributed by atoms with Crippen LogP contribution in [0.15, 0.2) is 43.2 Å². The maximum atomic E-state index is 12.5. The molecule has 0 saturated carbocycles. The summed E-state index contributed by atoms with van der Waals surface area (Å²) in [5.74, 6) is 0.727. The zero-order valence-corrected chi connectivity index (χ0v) is 15.5. The molecule has 0 radical (unpaired) electrons. The van der Waals surface area contributed by atoms with Gasteiger partial charge in [-0.25, -0.2) is 9.67 Å². The molecule has 4 heterocycles. The van der Waals surface area contributed by atoms with Crippen molar-refractivity contribution in [2.24, 2.45) is 0 Å². The van der Waals surface area contributed by atoms with Gasteiger partial charge in [-0.2, -0.15) is 5.10 Å². The Morgan fingerprint density at radius 2 is 2.22 bits per heavy atom. The van der Waals surface area contributed by atoms with E-state index in [-0.39, 0.29) is 11.9 Å². The van der Waals surface area contributed by atoms with Gasteiger partial charge in [0.2, 0.25) is 0 Å². The Balaban J connectivity index is 1.71. The second-order valence-corrected chi connectivity index (χ2v) is 7.71. The highest BCUT2D eigenvalue weighted by molar-refractivity contribution is 7.21. The number of hydrogen-bond donors (Lipinski definition) is 2. The average molecular weight is 375 g/mol. The number of thiophene rings is 1. The Morgan fingerprint density at radius 3 is 3.04 bits per heavy atom. The molecule has 0 fully saturated rings. The Bertz CT molecular complexity index is 1220. The van der Waals surface area contributed by atoms with Crippen LogP contribution in [-0.2, 0) is 0 Å². The summed E-state index contributed by atoms with van der Waals surface area (Å²) >= 11 is 1.51. The predicted octanol–water partition coefficient (Wildman–Crippen LogP) is 3.82. The zero-order valence-electron chi connectivity index (χ0n) is 14.7. The van der Waals surface area contributed by atoms with Crippen LogP contribution in [0.1, 0.15) is 22.2 Å². The van der Waals surface area contributed by atoms with Gasteiger partial charge in [0.15, 0.2) is 5.82 Å². The smallest absolute Gasteiger partial charge is 0.263 e. The van der Waals surface area contributed by atoms with Gasteiger partial charge in [0.25, 0.3) is 5.91 Å². The molecule has 7 heteroatoms. The van der Waals surface area contributed by atoms with Crippen LogP contribution in [0.5, 0.6) is 0 Å². The third-order valence-corrected chi connectivity index (χ3v) is 5.90. The molecule has 0 aliphatic carbocycles. The number of rotatable bonds is 2. The number of pyridine rings is 1. The van der Waals surface area contributed by atoms with Crippen molar-refractivity contribution < 1.29 is 4.79 Å². The number of carbonyl (C=O) groups is 1. The van der Waals surface area contributed by atoms with Gasteiger partial charge >= 0.3 is 0 Å². The Kier molecular flexibility index (Phi) is 3.51. The van der Waals surface area contributed by atoms with E-state index in [9.17, 15) is 4.79 Å². The molecule has 3 aromatic heterocycles. The average Bonchev–Trinajstić information content (AvgIpc) is 3.27. The highest BCUT2D eigenvalue weighted by atomic mass is 32.1. The molecule has 6 nitrogen and oxygen atoms in total. The van der Waals surface area contributed by atoms with E-state index in [2.05, 4.69) is 28.4 Å². The molecule has 1 aliphatic heterocycles. The third-order valence-electron chi connectivity index (χ3n) is 4.75. The van der Waals surface area contributed by atoms with Crippen molar-refractivity contribution in [2.75, 3.05) is 11.9 Å². The van der Waals surface area contributed by atoms with Crippen LogP contribution in [0.2, 0.25) is 0 Å². The Hall–Kier alpha value is -3.19. The number of aromatic nitrogens is 3. The molecule has 134 valence electrons. The SMILES string of the molecule is C=Cc1cnn(-c2ccc3c(ccc4sc5c(c43)NC[C@@H](C)NC5=O)n2)c1. The number of anilines is 1. The Labute approximate surface area is 159 Å². The van der Waals surface area contributed by atoms with Crippen LogP contribution < -0.4 is 10.6 Å². The van der Waals surface area contributed by atoms with Gasteiger partial charge in [-0.1, -0.05) is 12.7 Å². The van der Waals surface area contributed by atoms with E-state index in [1.807, 2.05) is 31.3 Å². The van der Waals surface area contributed by atoms with Crippen molar-refractivity contribution >= 4 is 50.0 Å².